The molecule has 0 aliphatic carbocycles. The van der Waals surface area contributed by atoms with Gasteiger partial charge < -0.3 is 105 Å². The van der Waals surface area contributed by atoms with E-state index < -0.39 is 0 Å². The van der Waals surface area contributed by atoms with Crippen LogP contribution in [0.25, 0.3) is 68.6 Å². The Bertz CT molecular complexity index is 3170. The lowest BCUT2D eigenvalue weighted by atomic mass is 10.0. The standard InChI is InChI=1S/C83H124N4O20/c1-6-7-8-9-10-11-12-13-30-107-77-24-18-72(19-25-77)83-80-28-22-75(86-80)55-73-20-26-78(84-73)82(79-27-21-74(85-79)56-76-23-29-81(83)87-76)71-16-14-67(15-17-71)57-104-64-70(65-105-62-68(58-100-51-47-96-43-39-92-35-31-88-2)59-101-52-48-97-44-40-93-36-32-89-3)66-106-63-69(60-102-53-49-98-45-41-94-37-33-90-4)61-103-54-50-99-46-42-95-38-34-91-5/h14-29,55-56,68-70,84,87H,6-13,30-54,57-66H2,1-5H3. The number of hydrogen-bond acceptors (Lipinski definition) is 22. The molecule has 0 fully saturated rings. The lowest BCUT2D eigenvalue weighted by molar-refractivity contribution is -0.0632. The fourth-order valence-corrected chi connectivity index (χ4v) is 11.5. The first-order chi connectivity index (χ1) is 53.0. The van der Waals surface area contributed by atoms with E-state index in [1.165, 1.54) is 44.9 Å². The van der Waals surface area contributed by atoms with Gasteiger partial charge in [0.25, 0.3) is 0 Å². The number of ether oxygens (including phenoxy) is 20. The molecule has 2 aromatic carbocycles. The Hall–Kier alpha value is -5.92. The third kappa shape index (κ3) is 38.0. The molecule has 0 unspecified atom stereocenters. The molecule has 0 amide bonds. The van der Waals surface area contributed by atoms with Crippen molar-refractivity contribution < 1.29 is 94.7 Å². The average molecular weight is 1500 g/mol. The van der Waals surface area contributed by atoms with Gasteiger partial charge in [0.15, 0.2) is 0 Å². The van der Waals surface area contributed by atoms with Crippen molar-refractivity contribution in [1.82, 2.24) is 19.9 Å². The van der Waals surface area contributed by atoms with Crippen molar-refractivity contribution in [2.24, 2.45) is 17.8 Å². The third-order valence-electron chi connectivity index (χ3n) is 17.2. The Morgan fingerprint density at radius 3 is 0.981 bits per heavy atom. The molecule has 0 saturated carbocycles. The highest BCUT2D eigenvalue weighted by Crippen LogP contribution is 2.34. The number of methoxy groups -OCH3 is 4. The van der Waals surface area contributed by atoms with Crippen LogP contribution in [0.4, 0.5) is 0 Å². The molecule has 0 radical (unpaired) electrons. The highest BCUT2D eigenvalue weighted by molar-refractivity contribution is 5.93. The minimum absolute atomic E-state index is 0.0883. The monoisotopic (exact) mass is 1500 g/mol. The summed E-state index contributed by atoms with van der Waals surface area (Å²) in [5.41, 5.74) is 12.1. The van der Waals surface area contributed by atoms with E-state index >= 15 is 0 Å². The number of aromatic amines is 2. The maximum Gasteiger partial charge on any atom is 0.119 e. The van der Waals surface area contributed by atoms with Gasteiger partial charge in [-0.1, -0.05) is 88.3 Å². The SMILES string of the molecule is CCCCCCCCCCOc1ccc(-c2c3nc(cc4ccc([nH]4)c(-c4ccc(COCC(COCC(COCCOCCOCCOC)COCCOCCOCCOC)COCC(COCCOCCOCCOC)COCCOCCOCCOC)cc4)c4nc(cc5ccc2[nH]5)C=C4)C=C3)cc1. The Morgan fingerprint density at radius 1 is 0.299 bits per heavy atom. The van der Waals surface area contributed by atoms with Crippen molar-refractivity contribution in [2.45, 2.75) is 64.9 Å². The number of H-pyrrole nitrogens is 2. The first-order valence-corrected chi connectivity index (χ1v) is 38.5. The van der Waals surface area contributed by atoms with Crippen LogP contribution in [0, 0.1) is 17.8 Å². The molecule has 24 nitrogen and oxygen atoms in total. The second kappa shape index (κ2) is 58.1. The molecule has 5 aromatic rings. The summed E-state index contributed by atoms with van der Waals surface area (Å²) in [4.78, 5) is 17.8. The van der Waals surface area contributed by atoms with Crippen LogP contribution in [-0.4, -0.2) is 273 Å². The Labute approximate surface area is 635 Å². The van der Waals surface area contributed by atoms with Gasteiger partial charge in [-0.2, -0.15) is 0 Å². The van der Waals surface area contributed by atoms with Crippen LogP contribution in [0.1, 0.15) is 86.6 Å². The van der Waals surface area contributed by atoms with Crippen LogP contribution in [0.5, 0.6) is 5.75 Å². The normalized spacial score (nSPS) is 12.2. The van der Waals surface area contributed by atoms with Crippen LogP contribution >= 0.6 is 0 Å². The van der Waals surface area contributed by atoms with Gasteiger partial charge in [0.1, 0.15) is 5.75 Å². The van der Waals surface area contributed by atoms with Crippen LogP contribution in [0.2, 0.25) is 0 Å². The minimum atomic E-state index is -0.153. The number of benzene rings is 2. The quantitative estimate of drug-likeness (QED) is 0.0337. The van der Waals surface area contributed by atoms with Crippen LogP contribution < -0.4 is 4.74 Å². The van der Waals surface area contributed by atoms with Crippen LogP contribution in [-0.2, 0) is 96.6 Å². The molecular formula is C83H124N4O20. The largest absolute Gasteiger partial charge is 0.494 e. The van der Waals surface area contributed by atoms with E-state index in [9.17, 15) is 0 Å². The van der Waals surface area contributed by atoms with Crippen LogP contribution in [0.15, 0.2) is 84.9 Å². The molecule has 5 heterocycles. The number of aromatic nitrogens is 4. The fraction of sp³-hybridized carbons (Fsp3) is 0.614. The van der Waals surface area contributed by atoms with Crippen LogP contribution in [0.3, 0.4) is 0 Å². The van der Waals surface area contributed by atoms with E-state index in [1.54, 1.807) is 28.4 Å². The average Bonchev–Trinajstić information content (AvgIpc) is 1.67. The second-order valence-corrected chi connectivity index (χ2v) is 26.1. The molecule has 2 aliphatic rings. The smallest absolute Gasteiger partial charge is 0.119 e. The summed E-state index contributed by atoms with van der Waals surface area (Å²) in [7, 11) is 6.59. The molecule has 7 rings (SSSR count). The molecule has 2 aliphatic heterocycles. The molecule has 0 spiro atoms. The van der Waals surface area contributed by atoms with Crippen molar-refractivity contribution in [3.05, 3.63) is 113 Å². The van der Waals surface area contributed by atoms with Gasteiger partial charge in [0, 0.05) is 79.4 Å². The van der Waals surface area contributed by atoms with Crippen molar-refractivity contribution in [1.29, 1.82) is 0 Å². The van der Waals surface area contributed by atoms with E-state index in [0.717, 1.165) is 84.8 Å². The predicted octanol–water partition coefficient (Wildman–Crippen LogP) is 12.7. The molecule has 3 aromatic heterocycles. The Kier molecular flexibility index (Phi) is 47.9. The van der Waals surface area contributed by atoms with Crippen molar-refractivity contribution in [3.8, 4) is 28.0 Å². The number of fused-ring (bicyclic) bond motifs is 8. The fourth-order valence-electron chi connectivity index (χ4n) is 11.5. The number of unbranched alkanes of at least 4 members (excludes halogenated alkanes) is 7. The third-order valence-corrected chi connectivity index (χ3v) is 17.2. The molecule has 596 valence electrons. The maximum absolute atomic E-state index is 6.59. The van der Waals surface area contributed by atoms with Crippen molar-refractivity contribution in [3.63, 3.8) is 0 Å². The zero-order valence-electron chi connectivity index (χ0n) is 64.6. The number of nitrogens with one attached hydrogen (secondary N) is 2. The summed E-state index contributed by atoms with van der Waals surface area (Å²) in [5.74, 6) is 0.542. The van der Waals surface area contributed by atoms with Crippen molar-refractivity contribution in [2.75, 3.05) is 253 Å². The molecule has 0 saturated heterocycles. The van der Waals surface area contributed by atoms with E-state index in [2.05, 4.69) is 126 Å². The Morgan fingerprint density at radius 2 is 0.617 bits per heavy atom. The lowest BCUT2D eigenvalue weighted by Crippen LogP contribution is -2.29. The highest BCUT2D eigenvalue weighted by Gasteiger charge is 2.19. The van der Waals surface area contributed by atoms with Gasteiger partial charge in [-0.25, -0.2) is 9.97 Å². The topological polar surface area (TPSA) is 242 Å². The zero-order chi connectivity index (χ0) is 74.9. The maximum atomic E-state index is 6.59. The number of nitrogens with zero attached hydrogens (tertiary/aromatic N) is 2. The van der Waals surface area contributed by atoms with E-state index in [-0.39, 0.29) is 17.8 Å². The molecule has 0 atom stereocenters. The molecular weight excluding hydrogens is 1370 g/mol. The first kappa shape index (κ1) is 88.3. The zero-order valence-corrected chi connectivity index (χ0v) is 64.6. The van der Waals surface area contributed by atoms with Gasteiger partial charge >= 0.3 is 0 Å². The number of rotatable bonds is 68. The van der Waals surface area contributed by atoms with E-state index in [4.69, 9.17) is 105 Å². The summed E-state index contributed by atoms with van der Waals surface area (Å²) in [6, 6.07) is 29.5. The van der Waals surface area contributed by atoms with E-state index in [0.29, 0.717) is 231 Å². The van der Waals surface area contributed by atoms with Gasteiger partial charge in [-0.05, 0) is 95.9 Å². The highest BCUT2D eigenvalue weighted by atomic mass is 16.6. The lowest BCUT2D eigenvalue weighted by Gasteiger charge is -2.23. The summed E-state index contributed by atoms with van der Waals surface area (Å²) >= 11 is 0. The molecule has 24 heteroatoms. The predicted molar refractivity (Wildman–Crippen MR) is 417 cm³/mol. The molecule has 2 N–H and O–H groups in total. The van der Waals surface area contributed by atoms with Crippen molar-refractivity contribution >= 4 is 46.4 Å². The second-order valence-electron chi connectivity index (χ2n) is 26.1. The molecule has 107 heavy (non-hydrogen) atoms. The Balaban J connectivity index is 1.02. The van der Waals surface area contributed by atoms with Gasteiger partial charge in [0.2, 0.25) is 0 Å². The van der Waals surface area contributed by atoms with Gasteiger partial charge in [-0.3, -0.25) is 0 Å². The first-order valence-electron chi connectivity index (χ1n) is 38.5. The summed E-state index contributed by atoms with van der Waals surface area (Å²) in [6.45, 7) is 18.0. The molecule has 8 bridgehead atoms. The summed E-state index contributed by atoms with van der Waals surface area (Å²) in [6.07, 6.45) is 18.4. The summed E-state index contributed by atoms with van der Waals surface area (Å²) < 4.78 is 116. The summed E-state index contributed by atoms with van der Waals surface area (Å²) in [5, 5.41) is 0. The minimum Gasteiger partial charge on any atom is -0.494 e. The van der Waals surface area contributed by atoms with Gasteiger partial charge in [0.05, 0.1) is 254 Å². The van der Waals surface area contributed by atoms with Gasteiger partial charge in [-0.15, -0.1) is 0 Å². The van der Waals surface area contributed by atoms with E-state index in [1.807, 2.05) is 0 Å². The number of hydrogen-bond donors (Lipinski definition) is 2.